The van der Waals surface area contributed by atoms with E-state index in [9.17, 15) is 4.57 Å². The van der Waals surface area contributed by atoms with Gasteiger partial charge in [0, 0.05) is 11.1 Å². The molecule has 2 aromatic carbocycles. The molecular formula is C14H15O5P. The molecule has 0 amide bonds. The average Bonchev–Trinajstić information content (AvgIpc) is 2.48. The van der Waals surface area contributed by atoms with Crippen molar-refractivity contribution in [1.82, 2.24) is 0 Å². The largest absolute Gasteiger partial charge is 0.418 e. The first-order valence-electron chi connectivity index (χ1n) is 6.01. The predicted octanol–water partition coefficient (Wildman–Crippen LogP) is 2.52. The van der Waals surface area contributed by atoms with Crippen LogP contribution in [0.3, 0.4) is 0 Å². The van der Waals surface area contributed by atoms with Crippen LogP contribution < -0.4 is 9.05 Å². The molecule has 2 aromatic rings. The highest BCUT2D eigenvalue weighted by molar-refractivity contribution is 7.34. The van der Waals surface area contributed by atoms with E-state index < -0.39 is 8.25 Å². The minimum atomic E-state index is -2.83. The first-order chi connectivity index (χ1) is 9.74. The lowest BCUT2D eigenvalue weighted by molar-refractivity contribution is 0.275. The van der Waals surface area contributed by atoms with E-state index in [1.54, 1.807) is 48.5 Å². The van der Waals surface area contributed by atoms with Crippen LogP contribution in [0.15, 0.2) is 48.5 Å². The van der Waals surface area contributed by atoms with Crippen LogP contribution in [0.25, 0.3) is 0 Å². The molecule has 20 heavy (non-hydrogen) atoms. The average molecular weight is 294 g/mol. The molecule has 106 valence electrons. The van der Waals surface area contributed by atoms with E-state index in [0.29, 0.717) is 22.6 Å². The van der Waals surface area contributed by atoms with Crippen LogP contribution in [0, 0.1) is 0 Å². The Balaban J connectivity index is 2.09. The van der Waals surface area contributed by atoms with Gasteiger partial charge in [0.15, 0.2) is 0 Å². The molecule has 6 heteroatoms. The minimum absolute atomic E-state index is 0.210. The van der Waals surface area contributed by atoms with Gasteiger partial charge < -0.3 is 19.3 Å². The smallest absolute Gasteiger partial charge is 0.418 e. The number of aliphatic hydroxyl groups excluding tert-OH is 2. The van der Waals surface area contributed by atoms with Gasteiger partial charge in [-0.05, 0) is 12.1 Å². The molecule has 0 aromatic heterocycles. The van der Waals surface area contributed by atoms with Crippen LogP contribution in [0.2, 0.25) is 0 Å². The maximum absolute atomic E-state index is 11.9. The maximum Gasteiger partial charge on any atom is 0.418 e. The summed E-state index contributed by atoms with van der Waals surface area (Å²) >= 11 is 0. The number of hydrogen-bond acceptors (Lipinski definition) is 5. The Morgan fingerprint density at radius 2 is 1.20 bits per heavy atom. The van der Waals surface area contributed by atoms with Gasteiger partial charge in [0.2, 0.25) is 0 Å². The second-order valence-corrected chi connectivity index (χ2v) is 4.89. The van der Waals surface area contributed by atoms with Crippen LogP contribution in [-0.4, -0.2) is 10.2 Å². The van der Waals surface area contributed by atoms with Crippen LogP contribution >= 0.6 is 8.25 Å². The quantitative estimate of drug-likeness (QED) is 0.801. The summed E-state index contributed by atoms with van der Waals surface area (Å²) in [6.45, 7) is -0.420. The SMILES string of the molecule is O=[PH](Oc1ccccc1CO)Oc1ccccc1CO. The van der Waals surface area contributed by atoms with Crippen molar-refractivity contribution in [3.8, 4) is 11.5 Å². The molecule has 0 fully saturated rings. The Kier molecular flexibility index (Phi) is 5.18. The number of para-hydroxylation sites is 2. The fourth-order valence-corrected chi connectivity index (χ4v) is 2.47. The molecule has 0 saturated carbocycles. The third kappa shape index (κ3) is 3.61. The van der Waals surface area contributed by atoms with E-state index >= 15 is 0 Å². The molecule has 0 aliphatic carbocycles. The van der Waals surface area contributed by atoms with E-state index in [0.717, 1.165) is 0 Å². The van der Waals surface area contributed by atoms with E-state index in [-0.39, 0.29) is 13.2 Å². The van der Waals surface area contributed by atoms with Crippen molar-refractivity contribution in [2.75, 3.05) is 0 Å². The van der Waals surface area contributed by atoms with Gasteiger partial charge in [0.25, 0.3) is 0 Å². The number of aliphatic hydroxyl groups is 2. The first kappa shape index (κ1) is 14.6. The topological polar surface area (TPSA) is 76.0 Å². The van der Waals surface area contributed by atoms with Gasteiger partial charge >= 0.3 is 8.25 Å². The first-order valence-corrected chi connectivity index (χ1v) is 7.24. The molecule has 0 aliphatic heterocycles. The molecule has 2 N–H and O–H groups in total. The Morgan fingerprint density at radius 3 is 1.60 bits per heavy atom. The van der Waals surface area contributed by atoms with Gasteiger partial charge in [-0.2, -0.15) is 0 Å². The molecule has 0 atom stereocenters. The lowest BCUT2D eigenvalue weighted by atomic mass is 10.2. The van der Waals surface area contributed by atoms with E-state index in [1.165, 1.54) is 0 Å². The van der Waals surface area contributed by atoms with Crippen LogP contribution in [0.5, 0.6) is 11.5 Å². The zero-order chi connectivity index (χ0) is 14.4. The highest BCUT2D eigenvalue weighted by atomic mass is 31.1. The molecule has 0 unspecified atom stereocenters. The van der Waals surface area contributed by atoms with E-state index in [1.807, 2.05) is 0 Å². The van der Waals surface area contributed by atoms with Crippen molar-refractivity contribution in [3.63, 3.8) is 0 Å². The summed E-state index contributed by atoms with van der Waals surface area (Å²) in [4.78, 5) is 0. The number of hydrogen-bond donors (Lipinski definition) is 2. The predicted molar refractivity (Wildman–Crippen MR) is 75.0 cm³/mol. The van der Waals surface area contributed by atoms with Crippen LogP contribution in [0.4, 0.5) is 0 Å². The molecular weight excluding hydrogens is 279 g/mol. The van der Waals surface area contributed by atoms with Gasteiger partial charge in [-0.1, -0.05) is 36.4 Å². The normalized spacial score (nSPS) is 10.6. The zero-order valence-electron chi connectivity index (χ0n) is 10.7. The molecule has 0 bridgehead atoms. The van der Waals surface area contributed by atoms with Crippen molar-refractivity contribution in [2.45, 2.75) is 13.2 Å². The fourth-order valence-electron chi connectivity index (χ4n) is 1.67. The molecule has 0 spiro atoms. The van der Waals surface area contributed by atoms with Gasteiger partial charge in [0.1, 0.15) is 11.5 Å². The second kappa shape index (κ2) is 7.10. The van der Waals surface area contributed by atoms with Crippen molar-refractivity contribution >= 4 is 8.25 Å². The number of benzene rings is 2. The maximum atomic E-state index is 11.9. The van der Waals surface area contributed by atoms with E-state index in [4.69, 9.17) is 19.3 Å². The molecule has 0 saturated heterocycles. The van der Waals surface area contributed by atoms with Crippen molar-refractivity contribution in [3.05, 3.63) is 59.7 Å². The van der Waals surface area contributed by atoms with Crippen molar-refractivity contribution in [1.29, 1.82) is 0 Å². The highest BCUT2D eigenvalue weighted by Crippen LogP contribution is 2.33. The van der Waals surface area contributed by atoms with Gasteiger partial charge in [-0.25, -0.2) is 4.57 Å². The van der Waals surface area contributed by atoms with Crippen molar-refractivity contribution in [2.24, 2.45) is 0 Å². The molecule has 2 rings (SSSR count). The van der Waals surface area contributed by atoms with Gasteiger partial charge in [-0.15, -0.1) is 0 Å². The third-order valence-electron chi connectivity index (χ3n) is 2.67. The van der Waals surface area contributed by atoms with Gasteiger partial charge in [0.05, 0.1) is 13.2 Å². The summed E-state index contributed by atoms with van der Waals surface area (Å²) in [5.74, 6) is 0.640. The van der Waals surface area contributed by atoms with Crippen LogP contribution in [0.1, 0.15) is 11.1 Å². The van der Waals surface area contributed by atoms with Gasteiger partial charge in [-0.3, -0.25) is 0 Å². The zero-order valence-corrected chi connectivity index (χ0v) is 11.7. The van der Waals surface area contributed by atoms with E-state index in [2.05, 4.69) is 0 Å². The Morgan fingerprint density at radius 1 is 0.800 bits per heavy atom. The number of rotatable bonds is 6. The third-order valence-corrected chi connectivity index (χ3v) is 3.45. The van der Waals surface area contributed by atoms with Crippen LogP contribution in [-0.2, 0) is 17.8 Å². The lowest BCUT2D eigenvalue weighted by Gasteiger charge is -2.12. The summed E-state index contributed by atoms with van der Waals surface area (Å²) in [6, 6.07) is 13.5. The van der Waals surface area contributed by atoms with Crippen molar-refractivity contribution < 1.29 is 23.8 Å². The minimum Gasteiger partial charge on any atom is -0.418 e. The molecule has 5 nitrogen and oxygen atoms in total. The summed E-state index contributed by atoms with van der Waals surface area (Å²) in [6.07, 6.45) is 0. The monoisotopic (exact) mass is 294 g/mol. The Bertz CT molecular complexity index is 548. The highest BCUT2D eigenvalue weighted by Gasteiger charge is 2.10. The molecule has 0 radical (unpaired) electrons. The molecule has 0 aliphatic rings. The Labute approximate surface area is 117 Å². The fraction of sp³-hybridized carbons (Fsp3) is 0.143. The summed E-state index contributed by atoms with van der Waals surface area (Å²) in [5.41, 5.74) is 1.06. The summed E-state index contributed by atoms with van der Waals surface area (Å²) in [5, 5.41) is 18.3. The summed E-state index contributed by atoms with van der Waals surface area (Å²) < 4.78 is 22.3. The second-order valence-electron chi connectivity index (χ2n) is 3.99. The Hall–Kier alpha value is -1.81. The lowest BCUT2D eigenvalue weighted by Crippen LogP contribution is -1.95. The summed E-state index contributed by atoms with van der Waals surface area (Å²) in [7, 11) is -2.83. The standard InChI is InChI=1S/C14H15O5P/c15-9-11-5-1-3-7-13(11)18-20(17)19-14-8-4-2-6-12(14)10-16/h1-8,15-16,20H,9-10H2. The molecule has 0 heterocycles.